The van der Waals surface area contributed by atoms with E-state index in [9.17, 15) is 18.0 Å². The van der Waals surface area contributed by atoms with Crippen LogP contribution in [0, 0.1) is 0 Å². The first-order valence-electron chi connectivity index (χ1n) is 11.2. The molecule has 1 heterocycles. The number of carbonyl (C=O) groups is 2. The molecule has 0 aromatic heterocycles. The van der Waals surface area contributed by atoms with E-state index >= 15 is 0 Å². The summed E-state index contributed by atoms with van der Waals surface area (Å²) in [6.45, 7) is 4.64. The van der Waals surface area contributed by atoms with E-state index in [0.29, 0.717) is 18.0 Å². The molecule has 2 aromatic rings. The molecule has 1 saturated heterocycles. The van der Waals surface area contributed by atoms with Crippen molar-refractivity contribution in [1.82, 2.24) is 14.5 Å². The van der Waals surface area contributed by atoms with Crippen LogP contribution in [0.2, 0.25) is 10.0 Å². The molecule has 9 nitrogen and oxygen atoms in total. The van der Waals surface area contributed by atoms with E-state index in [1.807, 2.05) is 12.1 Å². The van der Waals surface area contributed by atoms with Crippen molar-refractivity contribution in [3.8, 4) is 0 Å². The zero-order valence-corrected chi connectivity index (χ0v) is 21.8. The number of amides is 3. The number of rotatable bonds is 7. The van der Waals surface area contributed by atoms with Gasteiger partial charge in [-0.05, 0) is 48.2 Å². The van der Waals surface area contributed by atoms with E-state index in [4.69, 9.17) is 28.9 Å². The molecule has 190 valence electrons. The van der Waals surface area contributed by atoms with E-state index in [2.05, 4.69) is 24.5 Å². The van der Waals surface area contributed by atoms with Crippen molar-refractivity contribution in [3.63, 3.8) is 0 Å². The van der Waals surface area contributed by atoms with Crippen LogP contribution in [0.5, 0.6) is 0 Å². The van der Waals surface area contributed by atoms with Crippen LogP contribution in [-0.2, 0) is 14.8 Å². The number of anilines is 1. The van der Waals surface area contributed by atoms with Crippen LogP contribution in [0.1, 0.15) is 31.7 Å². The molecule has 1 aliphatic heterocycles. The van der Waals surface area contributed by atoms with E-state index in [1.165, 1.54) is 23.1 Å². The lowest BCUT2D eigenvalue weighted by atomic mass is 10.0. The van der Waals surface area contributed by atoms with Gasteiger partial charge < -0.3 is 16.4 Å². The van der Waals surface area contributed by atoms with E-state index in [-0.39, 0.29) is 41.1 Å². The van der Waals surface area contributed by atoms with Gasteiger partial charge >= 0.3 is 6.03 Å². The first-order valence-corrected chi connectivity index (χ1v) is 13.4. The van der Waals surface area contributed by atoms with Gasteiger partial charge in [0.05, 0.1) is 14.9 Å². The molecule has 2 aromatic carbocycles. The Morgan fingerprint density at radius 3 is 2.37 bits per heavy atom. The highest BCUT2D eigenvalue weighted by molar-refractivity contribution is 7.89. The summed E-state index contributed by atoms with van der Waals surface area (Å²) < 4.78 is 28.1. The number of nitrogens with one attached hydrogen (secondary N) is 2. The molecule has 0 spiro atoms. The van der Waals surface area contributed by atoms with Gasteiger partial charge in [0.2, 0.25) is 10.0 Å². The molecule has 0 saturated carbocycles. The van der Waals surface area contributed by atoms with Gasteiger partial charge in [0, 0.05) is 31.9 Å². The van der Waals surface area contributed by atoms with E-state index < -0.39 is 28.1 Å². The summed E-state index contributed by atoms with van der Waals surface area (Å²) in [7, 11) is -4.20. The number of urea groups is 1. The topological polar surface area (TPSA) is 125 Å². The van der Waals surface area contributed by atoms with Gasteiger partial charge in [-0.15, -0.1) is 0 Å². The molecule has 0 radical (unpaired) electrons. The zero-order chi connectivity index (χ0) is 25.8. The second kappa shape index (κ2) is 11.6. The predicted molar refractivity (Wildman–Crippen MR) is 137 cm³/mol. The molecule has 1 fully saturated rings. The highest BCUT2D eigenvalue weighted by Crippen LogP contribution is 2.30. The van der Waals surface area contributed by atoms with Crippen LogP contribution in [0.4, 0.5) is 10.5 Å². The molecule has 35 heavy (non-hydrogen) atoms. The monoisotopic (exact) mass is 541 g/mol. The number of sulfonamides is 1. The zero-order valence-electron chi connectivity index (χ0n) is 19.5. The van der Waals surface area contributed by atoms with Gasteiger partial charge in [0.15, 0.2) is 6.17 Å². The Morgan fingerprint density at radius 1 is 1.09 bits per heavy atom. The summed E-state index contributed by atoms with van der Waals surface area (Å²) in [5, 5.41) is 5.64. The maximum Gasteiger partial charge on any atom is 0.323 e. The Hall–Kier alpha value is -2.37. The van der Waals surface area contributed by atoms with Crippen molar-refractivity contribution in [2.45, 2.75) is 37.2 Å². The minimum absolute atomic E-state index is 0.0379. The summed E-state index contributed by atoms with van der Waals surface area (Å²) in [6.07, 6.45) is -1.08. The maximum absolute atomic E-state index is 13.5. The summed E-state index contributed by atoms with van der Waals surface area (Å²) in [6, 6.07) is 10.7. The number of nitrogens with zero attached hydrogens (tertiary/aromatic N) is 2. The summed E-state index contributed by atoms with van der Waals surface area (Å²) in [5.74, 6) is -0.318. The minimum Gasteiger partial charge on any atom is -0.352 e. The lowest BCUT2D eigenvalue weighted by molar-refractivity contribution is -0.130. The summed E-state index contributed by atoms with van der Waals surface area (Å²) >= 11 is 12.0. The van der Waals surface area contributed by atoms with Gasteiger partial charge in [-0.2, -0.15) is 4.31 Å². The van der Waals surface area contributed by atoms with Gasteiger partial charge in [-0.1, -0.05) is 49.2 Å². The van der Waals surface area contributed by atoms with Crippen molar-refractivity contribution in [3.05, 3.63) is 58.1 Å². The molecule has 0 bridgehead atoms. The molecule has 1 unspecified atom stereocenters. The van der Waals surface area contributed by atoms with Gasteiger partial charge in [0.1, 0.15) is 0 Å². The highest BCUT2D eigenvalue weighted by atomic mass is 35.5. The first kappa shape index (κ1) is 27.2. The van der Waals surface area contributed by atoms with Crippen LogP contribution >= 0.6 is 23.2 Å². The Balaban J connectivity index is 1.93. The van der Waals surface area contributed by atoms with Gasteiger partial charge in [-0.25, -0.2) is 13.2 Å². The third-order valence-corrected chi connectivity index (χ3v) is 8.20. The third-order valence-electron chi connectivity index (χ3n) is 5.61. The second-order valence-corrected chi connectivity index (χ2v) is 11.1. The molecule has 3 amide bonds. The van der Waals surface area contributed by atoms with Crippen molar-refractivity contribution in [2.24, 2.45) is 5.73 Å². The van der Waals surface area contributed by atoms with E-state index in [0.717, 1.165) is 9.87 Å². The number of nitrogens with two attached hydrogens (primary N) is 1. The molecular weight excluding hydrogens is 513 g/mol. The Kier molecular flexibility index (Phi) is 9.00. The largest absolute Gasteiger partial charge is 0.352 e. The fourth-order valence-corrected chi connectivity index (χ4v) is 5.72. The minimum atomic E-state index is -4.20. The quantitative estimate of drug-likeness (QED) is 0.495. The molecule has 0 aliphatic carbocycles. The molecule has 12 heteroatoms. The summed E-state index contributed by atoms with van der Waals surface area (Å²) in [4.78, 5) is 27.4. The Morgan fingerprint density at radius 2 is 1.77 bits per heavy atom. The fraction of sp³-hybridized carbons (Fsp3) is 0.391. The lowest BCUT2D eigenvalue weighted by Gasteiger charge is -2.41. The Labute approximate surface area is 215 Å². The second-order valence-electron chi connectivity index (χ2n) is 8.40. The average molecular weight is 542 g/mol. The third kappa shape index (κ3) is 6.25. The standard InChI is InChI=1S/C23H29Cl2N5O4S/c1-15(2)16-4-6-17(7-5-16)28-23(32)29-12-3-13-30(22(29)21(31)27-11-10-26)35(33,34)18-8-9-19(24)20(25)14-18/h4-9,14-15,22H,3,10-13,26H2,1-2H3,(H,27,31)(H,28,32). The van der Waals surface area contributed by atoms with Crippen LogP contribution in [0.25, 0.3) is 0 Å². The number of halogens is 2. The number of carbonyl (C=O) groups excluding carboxylic acids is 2. The Bertz CT molecular complexity index is 1170. The van der Waals surface area contributed by atoms with Crippen LogP contribution in [-0.4, -0.2) is 61.9 Å². The number of benzene rings is 2. The molecule has 4 N–H and O–H groups in total. The van der Waals surface area contributed by atoms with Crippen LogP contribution in [0.15, 0.2) is 47.4 Å². The normalized spacial score (nSPS) is 16.9. The van der Waals surface area contributed by atoms with Crippen molar-refractivity contribution < 1.29 is 18.0 Å². The molecule has 1 atom stereocenters. The molecule has 3 rings (SSSR count). The highest BCUT2D eigenvalue weighted by Gasteiger charge is 2.44. The smallest absolute Gasteiger partial charge is 0.323 e. The van der Waals surface area contributed by atoms with Crippen molar-refractivity contribution in [1.29, 1.82) is 0 Å². The molecular formula is C23H29Cl2N5O4S. The van der Waals surface area contributed by atoms with Gasteiger partial charge in [0.25, 0.3) is 5.91 Å². The van der Waals surface area contributed by atoms with Gasteiger partial charge in [-0.3, -0.25) is 9.69 Å². The van der Waals surface area contributed by atoms with Crippen LogP contribution in [0.3, 0.4) is 0 Å². The lowest BCUT2D eigenvalue weighted by Crippen LogP contribution is -2.64. The fourth-order valence-electron chi connectivity index (χ4n) is 3.74. The van der Waals surface area contributed by atoms with Crippen LogP contribution < -0.4 is 16.4 Å². The van der Waals surface area contributed by atoms with Crippen molar-refractivity contribution >= 4 is 50.9 Å². The maximum atomic E-state index is 13.5. The summed E-state index contributed by atoms with van der Waals surface area (Å²) in [5.41, 5.74) is 7.15. The number of hydrogen-bond acceptors (Lipinski definition) is 5. The molecule has 1 aliphatic rings. The SMILES string of the molecule is CC(C)c1ccc(NC(=O)N2CCCN(S(=O)(=O)c3ccc(Cl)c(Cl)c3)C2C(=O)NCCN)cc1. The first-order chi connectivity index (χ1) is 16.6. The van der Waals surface area contributed by atoms with Crippen molar-refractivity contribution in [2.75, 3.05) is 31.5 Å². The predicted octanol–water partition coefficient (Wildman–Crippen LogP) is 3.45. The number of hydrogen-bond donors (Lipinski definition) is 3. The van der Waals surface area contributed by atoms with E-state index in [1.54, 1.807) is 12.1 Å². The average Bonchev–Trinajstić information content (AvgIpc) is 2.83.